The third-order valence-electron chi connectivity index (χ3n) is 7.09. The Morgan fingerprint density at radius 3 is 2.26 bits per heavy atom. The van der Waals surface area contributed by atoms with Crippen molar-refractivity contribution < 1.29 is 23.8 Å². The molecule has 0 fully saturated rings. The summed E-state index contributed by atoms with van der Waals surface area (Å²) in [5.74, 6) is -0.308. The SMILES string of the molecule is COC(=O)[C@H](Cc1cccc(C(=N)N)c1)[C@@H](/C=C/c1ccccc1)NC(=O)c1ccc(-c2ccc(OC)cc2OC)cc1. The molecule has 4 aromatic rings. The van der Waals surface area contributed by atoms with E-state index in [1.165, 1.54) is 7.11 Å². The lowest BCUT2D eigenvalue weighted by atomic mass is 9.90. The van der Waals surface area contributed by atoms with Gasteiger partial charge in [0.15, 0.2) is 0 Å². The number of esters is 1. The van der Waals surface area contributed by atoms with Crippen molar-refractivity contribution in [2.75, 3.05) is 21.3 Å². The molecule has 0 saturated heterocycles. The van der Waals surface area contributed by atoms with Crippen molar-refractivity contribution in [2.24, 2.45) is 11.7 Å². The summed E-state index contributed by atoms with van der Waals surface area (Å²) in [4.78, 5) is 26.7. The fourth-order valence-electron chi connectivity index (χ4n) is 4.76. The van der Waals surface area contributed by atoms with E-state index >= 15 is 0 Å². The highest BCUT2D eigenvalue weighted by molar-refractivity contribution is 5.96. The molecular formula is C35H35N3O5. The molecule has 8 nitrogen and oxygen atoms in total. The highest BCUT2D eigenvalue weighted by atomic mass is 16.5. The maximum absolute atomic E-state index is 13.5. The molecule has 43 heavy (non-hydrogen) atoms. The third kappa shape index (κ3) is 7.89. The van der Waals surface area contributed by atoms with Crippen molar-refractivity contribution in [1.29, 1.82) is 5.41 Å². The molecule has 0 aliphatic rings. The van der Waals surface area contributed by atoms with Gasteiger partial charge in [-0.2, -0.15) is 0 Å². The lowest BCUT2D eigenvalue weighted by molar-refractivity contribution is -0.145. The number of hydrogen-bond acceptors (Lipinski definition) is 6. The van der Waals surface area contributed by atoms with Crippen LogP contribution in [-0.2, 0) is 16.0 Å². The number of nitrogen functional groups attached to an aromatic ring is 1. The molecule has 1 amide bonds. The van der Waals surface area contributed by atoms with Gasteiger partial charge in [0.25, 0.3) is 5.91 Å². The van der Waals surface area contributed by atoms with Crippen molar-refractivity contribution in [3.8, 4) is 22.6 Å². The van der Waals surface area contributed by atoms with Crippen LogP contribution in [0.5, 0.6) is 11.5 Å². The number of rotatable bonds is 12. The summed E-state index contributed by atoms with van der Waals surface area (Å²) < 4.78 is 16.0. The van der Waals surface area contributed by atoms with Gasteiger partial charge in [0.2, 0.25) is 0 Å². The largest absolute Gasteiger partial charge is 0.497 e. The molecule has 0 radical (unpaired) electrons. The van der Waals surface area contributed by atoms with Gasteiger partial charge in [-0.25, -0.2) is 0 Å². The van der Waals surface area contributed by atoms with E-state index in [4.69, 9.17) is 25.4 Å². The number of hydrogen-bond donors (Lipinski definition) is 3. The number of amides is 1. The highest BCUT2D eigenvalue weighted by Crippen LogP contribution is 2.33. The Morgan fingerprint density at radius 1 is 0.860 bits per heavy atom. The lowest BCUT2D eigenvalue weighted by Crippen LogP contribution is -2.43. The molecule has 8 heteroatoms. The average Bonchev–Trinajstić information content (AvgIpc) is 3.05. The van der Waals surface area contributed by atoms with Gasteiger partial charge in [-0.1, -0.05) is 72.8 Å². The molecule has 4 N–H and O–H groups in total. The Hall–Kier alpha value is -5.37. The van der Waals surface area contributed by atoms with Crippen molar-refractivity contribution in [3.63, 3.8) is 0 Å². The van der Waals surface area contributed by atoms with Crippen LogP contribution in [0.25, 0.3) is 17.2 Å². The monoisotopic (exact) mass is 577 g/mol. The van der Waals surface area contributed by atoms with Crippen LogP contribution < -0.4 is 20.5 Å². The standard InChI is InChI=1S/C35H35N3O5/c1-41-28-17-18-29(32(22-28)42-2)25-13-15-26(16-14-25)34(39)38-31(19-12-23-8-5-4-6-9-23)30(35(40)43-3)21-24-10-7-11-27(20-24)33(36)37/h4-20,22,30-31H,21H2,1-3H3,(H3,36,37)(H,38,39)/b19-12+/t30-,31-/m1/s1. The van der Waals surface area contributed by atoms with E-state index < -0.39 is 17.9 Å². The van der Waals surface area contributed by atoms with Gasteiger partial charge < -0.3 is 25.3 Å². The second-order valence-corrected chi connectivity index (χ2v) is 9.86. The van der Waals surface area contributed by atoms with Crippen LogP contribution in [0.4, 0.5) is 0 Å². The van der Waals surface area contributed by atoms with Gasteiger partial charge in [-0.05, 0) is 53.4 Å². The van der Waals surface area contributed by atoms with Crippen molar-refractivity contribution in [3.05, 3.63) is 125 Å². The van der Waals surface area contributed by atoms with E-state index in [9.17, 15) is 9.59 Å². The molecule has 2 atom stereocenters. The first-order valence-corrected chi connectivity index (χ1v) is 13.7. The summed E-state index contributed by atoms with van der Waals surface area (Å²) in [6.45, 7) is 0. The van der Waals surface area contributed by atoms with Gasteiger partial charge in [0, 0.05) is 22.8 Å². The molecule has 0 heterocycles. The molecule has 0 aromatic heterocycles. The predicted octanol–water partition coefficient (Wildman–Crippen LogP) is 5.50. The second-order valence-electron chi connectivity index (χ2n) is 9.86. The fourth-order valence-corrected chi connectivity index (χ4v) is 4.76. The molecule has 220 valence electrons. The third-order valence-corrected chi connectivity index (χ3v) is 7.09. The smallest absolute Gasteiger partial charge is 0.311 e. The Labute approximate surface area is 251 Å². The topological polar surface area (TPSA) is 124 Å². The summed E-state index contributed by atoms with van der Waals surface area (Å²) in [5.41, 5.74) is 10.1. The normalized spacial score (nSPS) is 12.3. The van der Waals surface area contributed by atoms with E-state index in [-0.39, 0.29) is 18.2 Å². The molecule has 0 bridgehead atoms. The van der Waals surface area contributed by atoms with Crippen LogP contribution in [0.2, 0.25) is 0 Å². The number of nitrogens with two attached hydrogens (primary N) is 1. The average molecular weight is 578 g/mol. The second kappa shape index (κ2) is 14.5. The number of methoxy groups -OCH3 is 3. The summed E-state index contributed by atoms with van der Waals surface area (Å²) in [6, 6.07) is 28.8. The van der Waals surface area contributed by atoms with E-state index in [1.807, 2.05) is 66.7 Å². The summed E-state index contributed by atoms with van der Waals surface area (Å²) >= 11 is 0. The molecule has 0 spiro atoms. The van der Waals surface area contributed by atoms with Crippen LogP contribution in [0.3, 0.4) is 0 Å². The first-order valence-electron chi connectivity index (χ1n) is 13.7. The Morgan fingerprint density at radius 2 is 1.60 bits per heavy atom. The molecule has 0 unspecified atom stereocenters. The van der Waals surface area contributed by atoms with Crippen molar-refractivity contribution in [2.45, 2.75) is 12.5 Å². The first kappa shape index (κ1) is 30.6. The predicted molar refractivity (Wildman–Crippen MR) is 168 cm³/mol. The maximum atomic E-state index is 13.5. The van der Waals surface area contributed by atoms with E-state index in [0.717, 1.165) is 22.3 Å². The van der Waals surface area contributed by atoms with Crippen LogP contribution in [0.1, 0.15) is 27.0 Å². The van der Waals surface area contributed by atoms with Crippen molar-refractivity contribution in [1.82, 2.24) is 5.32 Å². The van der Waals surface area contributed by atoms with Gasteiger partial charge in [-0.15, -0.1) is 0 Å². The zero-order chi connectivity index (χ0) is 30.8. The highest BCUT2D eigenvalue weighted by Gasteiger charge is 2.30. The zero-order valence-corrected chi connectivity index (χ0v) is 24.4. The van der Waals surface area contributed by atoms with Crippen LogP contribution >= 0.6 is 0 Å². The molecule has 0 saturated carbocycles. The fraction of sp³-hybridized carbons (Fsp3) is 0.171. The lowest BCUT2D eigenvalue weighted by Gasteiger charge is -2.24. The molecule has 0 aliphatic carbocycles. The number of carbonyl (C=O) groups excluding carboxylic acids is 2. The minimum absolute atomic E-state index is 0.0685. The molecule has 4 rings (SSSR count). The molecule has 0 aliphatic heterocycles. The summed E-state index contributed by atoms with van der Waals surface area (Å²) in [5, 5.41) is 10.8. The molecule has 4 aromatic carbocycles. The number of amidine groups is 1. The minimum atomic E-state index is -0.751. The quantitative estimate of drug-likeness (QED) is 0.116. The Kier molecular flexibility index (Phi) is 10.3. The number of carbonyl (C=O) groups is 2. The van der Waals surface area contributed by atoms with Gasteiger partial charge in [0.1, 0.15) is 17.3 Å². The van der Waals surface area contributed by atoms with Crippen LogP contribution in [0, 0.1) is 11.3 Å². The number of nitrogens with one attached hydrogen (secondary N) is 2. The van der Waals surface area contributed by atoms with E-state index in [0.29, 0.717) is 22.6 Å². The molecular weight excluding hydrogens is 542 g/mol. The van der Waals surface area contributed by atoms with Gasteiger partial charge >= 0.3 is 5.97 Å². The Balaban J connectivity index is 1.63. The van der Waals surface area contributed by atoms with Gasteiger partial charge in [-0.3, -0.25) is 15.0 Å². The van der Waals surface area contributed by atoms with Gasteiger partial charge in [0.05, 0.1) is 33.3 Å². The zero-order valence-electron chi connectivity index (χ0n) is 24.4. The van der Waals surface area contributed by atoms with E-state index in [1.54, 1.807) is 56.7 Å². The number of ether oxygens (including phenoxy) is 3. The van der Waals surface area contributed by atoms with Crippen LogP contribution in [0.15, 0.2) is 103 Å². The summed E-state index contributed by atoms with van der Waals surface area (Å²) in [7, 11) is 4.52. The van der Waals surface area contributed by atoms with Crippen LogP contribution in [-0.4, -0.2) is 45.1 Å². The number of benzene rings is 4. The van der Waals surface area contributed by atoms with Crippen molar-refractivity contribution >= 4 is 23.8 Å². The minimum Gasteiger partial charge on any atom is -0.497 e. The summed E-state index contributed by atoms with van der Waals surface area (Å²) in [6.07, 6.45) is 3.93. The van der Waals surface area contributed by atoms with E-state index in [2.05, 4.69) is 5.32 Å². The first-order chi connectivity index (χ1) is 20.8. The maximum Gasteiger partial charge on any atom is 0.311 e. The Bertz CT molecular complexity index is 1600.